The Morgan fingerprint density at radius 2 is 2.26 bits per heavy atom. The molecule has 2 rings (SSSR count). The summed E-state index contributed by atoms with van der Waals surface area (Å²) in [5.74, 6) is 1.45. The molecule has 6 heteroatoms. The van der Waals surface area contributed by atoms with Crippen LogP contribution >= 0.6 is 11.3 Å². The number of nitrogens with zero attached hydrogens (tertiary/aromatic N) is 2. The van der Waals surface area contributed by atoms with Crippen molar-refractivity contribution in [2.45, 2.75) is 20.3 Å². The molecule has 0 unspecified atom stereocenters. The van der Waals surface area contributed by atoms with Gasteiger partial charge in [-0.1, -0.05) is 6.08 Å². The molecule has 0 spiro atoms. The third-order valence-corrected chi connectivity index (χ3v) is 3.88. The first-order valence-electron chi connectivity index (χ1n) is 7.33. The van der Waals surface area contributed by atoms with E-state index in [9.17, 15) is 0 Å². The monoisotopic (exact) mass is 331 g/mol. The van der Waals surface area contributed by atoms with Crippen LogP contribution in [0, 0.1) is 6.92 Å². The van der Waals surface area contributed by atoms with Crippen molar-refractivity contribution in [2.75, 3.05) is 19.1 Å². The van der Waals surface area contributed by atoms with E-state index >= 15 is 0 Å². The van der Waals surface area contributed by atoms with Crippen LogP contribution in [0.15, 0.2) is 35.3 Å². The molecular formula is C17H21N3O2S. The molecule has 0 bridgehead atoms. The smallest absolute Gasteiger partial charge is 0.203 e. The van der Waals surface area contributed by atoms with Gasteiger partial charge in [0, 0.05) is 10.9 Å². The lowest BCUT2D eigenvalue weighted by Crippen LogP contribution is -2.01. The Bertz CT molecular complexity index is 695. The second kappa shape index (κ2) is 8.33. The minimum Gasteiger partial charge on any atom is -0.493 e. The second-order valence-corrected chi connectivity index (χ2v) is 5.66. The average Bonchev–Trinajstić information content (AvgIpc) is 2.95. The third kappa shape index (κ3) is 4.56. The Morgan fingerprint density at radius 1 is 1.43 bits per heavy atom. The number of aryl methyl sites for hydroxylation is 1. The van der Waals surface area contributed by atoms with E-state index in [1.54, 1.807) is 13.3 Å². The highest BCUT2D eigenvalue weighted by molar-refractivity contribution is 7.13. The topological polar surface area (TPSA) is 55.7 Å². The van der Waals surface area contributed by atoms with Crippen LogP contribution in [-0.2, 0) is 6.42 Å². The predicted molar refractivity (Wildman–Crippen MR) is 96.1 cm³/mol. The molecule has 0 aliphatic heterocycles. The summed E-state index contributed by atoms with van der Waals surface area (Å²) >= 11 is 1.52. The van der Waals surface area contributed by atoms with Crippen molar-refractivity contribution in [1.82, 2.24) is 4.98 Å². The number of hydrazone groups is 1. The van der Waals surface area contributed by atoms with Crippen LogP contribution in [0.1, 0.15) is 23.7 Å². The van der Waals surface area contributed by atoms with Gasteiger partial charge in [0.25, 0.3) is 0 Å². The van der Waals surface area contributed by atoms with E-state index in [2.05, 4.69) is 22.1 Å². The molecule has 122 valence electrons. The van der Waals surface area contributed by atoms with Gasteiger partial charge in [0.15, 0.2) is 11.5 Å². The van der Waals surface area contributed by atoms with Crippen molar-refractivity contribution in [3.05, 3.63) is 47.0 Å². The van der Waals surface area contributed by atoms with E-state index in [4.69, 9.17) is 9.47 Å². The first-order chi connectivity index (χ1) is 11.2. The summed E-state index contributed by atoms with van der Waals surface area (Å²) in [6.07, 6.45) is 4.28. The van der Waals surface area contributed by atoms with Crippen molar-refractivity contribution < 1.29 is 9.47 Å². The molecule has 0 saturated carbocycles. The van der Waals surface area contributed by atoms with Crippen LogP contribution < -0.4 is 14.9 Å². The minimum absolute atomic E-state index is 0.582. The Kier molecular flexibility index (Phi) is 6.17. The van der Waals surface area contributed by atoms with Crippen LogP contribution in [0.2, 0.25) is 0 Å². The highest BCUT2D eigenvalue weighted by Gasteiger charge is 2.11. The number of allylic oxidation sites excluding steroid dienone is 1. The lowest BCUT2D eigenvalue weighted by atomic mass is 10.1. The predicted octanol–water partition coefficient (Wildman–Crippen LogP) is 4.03. The molecule has 1 aromatic heterocycles. The number of hydrogen-bond acceptors (Lipinski definition) is 6. The van der Waals surface area contributed by atoms with E-state index in [1.807, 2.05) is 37.4 Å². The Labute approximate surface area is 140 Å². The molecule has 0 aliphatic rings. The molecule has 1 heterocycles. The number of methoxy groups -OCH3 is 1. The summed E-state index contributed by atoms with van der Waals surface area (Å²) in [6, 6.07) is 3.92. The summed E-state index contributed by atoms with van der Waals surface area (Å²) in [5.41, 5.74) is 5.84. The van der Waals surface area contributed by atoms with Gasteiger partial charge >= 0.3 is 0 Å². The number of rotatable bonds is 8. The van der Waals surface area contributed by atoms with Gasteiger partial charge in [-0.15, -0.1) is 17.9 Å². The molecule has 0 aliphatic carbocycles. The lowest BCUT2D eigenvalue weighted by molar-refractivity contribution is 0.308. The van der Waals surface area contributed by atoms with Gasteiger partial charge in [0.05, 0.1) is 25.6 Å². The molecule has 0 atom stereocenters. The van der Waals surface area contributed by atoms with E-state index in [0.29, 0.717) is 18.8 Å². The number of thiazole rings is 1. The van der Waals surface area contributed by atoms with Gasteiger partial charge in [-0.2, -0.15) is 5.10 Å². The number of benzene rings is 1. The van der Waals surface area contributed by atoms with E-state index in [0.717, 1.165) is 27.7 Å². The normalized spacial score (nSPS) is 10.7. The summed E-state index contributed by atoms with van der Waals surface area (Å²) in [4.78, 5) is 4.30. The number of anilines is 1. The first kappa shape index (κ1) is 17.0. The standard InChI is InChI=1S/C17H21N3O2S/c1-5-7-14-8-13(9-15(21-4)16(14)22-6-2)10-18-20-17-19-12(3)11-23-17/h5,8-11H,1,6-7H2,2-4H3,(H,19,20). The lowest BCUT2D eigenvalue weighted by Gasteiger charge is -2.14. The Morgan fingerprint density at radius 3 is 2.87 bits per heavy atom. The van der Waals surface area contributed by atoms with Crippen LogP contribution in [0.5, 0.6) is 11.5 Å². The van der Waals surface area contributed by atoms with E-state index < -0.39 is 0 Å². The van der Waals surface area contributed by atoms with Gasteiger partial charge in [-0.05, 0) is 38.0 Å². The second-order valence-electron chi connectivity index (χ2n) is 4.80. The average molecular weight is 331 g/mol. The molecule has 0 saturated heterocycles. The quantitative estimate of drug-likeness (QED) is 0.451. The van der Waals surface area contributed by atoms with Crippen molar-refractivity contribution in [3.63, 3.8) is 0 Å². The zero-order valence-corrected chi connectivity index (χ0v) is 14.4. The molecule has 0 amide bonds. The summed E-state index contributed by atoms with van der Waals surface area (Å²) in [5, 5.41) is 6.97. The van der Waals surface area contributed by atoms with Crippen LogP contribution in [-0.4, -0.2) is 24.9 Å². The molecule has 0 radical (unpaired) electrons. The maximum absolute atomic E-state index is 5.70. The SMILES string of the molecule is C=CCc1cc(C=NNc2nc(C)cs2)cc(OC)c1OCC. The van der Waals surface area contributed by atoms with Crippen LogP contribution in [0.4, 0.5) is 5.13 Å². The molecule has 5 nitrogen and oxygen atoms in total. The zero-order chi connectivity index (χ0) is 16.7. The van der Waals surface area contributed by atoms with Crippen molar-refractivity contribution >= 4 is 22.7 Å². The molecule has 1 N–H and O–H groups in total. The minimum atomic E-state index is 0.582. The highest BCUT2D eigenvalue weighted by atomic mass is 32.1. The largest absolute Gasteiger partial charge is 0.493 e. The van der Waals surface area contributed by atoms with Crippen molar-refractivity contribution in [3.8, 4) is 11.5 Å². The molecule has 0 fully saturated rings. The fourth-order valence-corrected chi connectivity index (χ4v) is 2.73. The summed E-state index contributed by atoms with van der Waals surface area (Å²) in [7, 11) is 1.63. The highest BCUT2D eigenvalue weighted by Crippen LogP contribution is 2.33. The van der Waals surface area contributed by atoms with E-state index in [-0.39, 0.29) is 0 Å². The molecule has 1 aromatic carbocycles. The Hall–Kier alpha value is -2.34. The van der Waals surface area contributed by atoms with Gasteiger partial charge in [0.1, 0.15) is 0 Å². The van der Waals surface area contributed by atoms with Crippen LogP contribution in [0.25, 0.3) is 0 Å². The third-order valence-electron chi connectivity index (χ3n) is 3.02. The number of hydrogen-bond donors (Lipinski definition) is 1. The van der Waals surface area contributed by atoms with Gasteiger partial charge < -0.3 is 9.47 Å². The van der Waals surface area contributed by atoms with Crippen molar-refractivity contribution in [1.29, 1.82) is 0 Å². The van der Waals surface area contributed by atoms with E-state index in [1.165, 1.54) is 11.3 Å². The summed E-state index contributed by atoms with van der Waals surface area (Å²) in [6.45, 7) is 8.28. The Balaban J connectivity index is 2.23. The number of ether oxygens (including phenoxy) is 2. The number of aromatic nitrogens is 1. The first-order valence-corrected chi connectivity index (χ1v) is 8.21. The van der Waals surface area contributed by atoms with Gasteiger partial charge in [0.2, 0.25) is 5.13 Å². The van der Waals surface area contributed by atoms with Gasteiger partial charge in [-0.3, -0.25) is 5.43 Å². The maximum Gasteiger partial charge on any atom is 0.203 e. The summed E-state index contributed by atoms with van der Waals surface area (Å²) < 4.78 is 11.1. The maximum atomic E-state index is 5.70. The zero-order valence-electron chi connectivity index (χ0n) is 13.6. The number of nitrogens with one attached hydrogen (secondary N) is 1. The molecule has 2 aromatic rings. The fraction of sp³-hybridized carbons (Fsp3) is 0.294. The fourth-order valence-electron chi connectivity index (χ4n) is 2.09. The molecular weight excluding hydrogens is 310 g/mol. The van der Waals surface area contributed by atoms with Gasteiger partial charge in [-0.25, -0.2) is 4.98 Å². The molecule has 23 heavy (non-hydrogen) atoms. The van der Waals surface area contributed by atoms with Crippen LogP contribution in [0.3, 0.4) is 0 Å². The van der Waals surface area contributed by atoms with Crippen molar-refractivity contribution in [2.24, 2.45) is 5.10 Å².